The summed E-state index contributed by atoms with van der Waals surface area (Å²) >= 11 is 5.94. The molecule has 0 aliphatic carbocycles. The summed E-state index contributed by atoms with van der Waals surface area (Å²) in [5.74, 6) is 0.556. The van der Waals surface area contributed by atoms with Crippen LogP contribution in [0, 0.1) is 12.7 Å². The van der Waals surface area contributed by atoms with Crippen LogP contribution >= 0.6 is 11.6 Å². The Labute approximate surface area is 137 Å². The molecule has 0 saturated carbocycles. The molecule has 0 saturated heterocycles. The minimum absolute atomic E-state index is 0.295. The van der Waals surface area contributed by atoms with Gasteiger partial charge in [0.1, 0.15) is 5.82 Å². The van der Waals surface area contributed by atoms with E-state index in [1.54, 1.807) is 18.2 Å². The van der Waals surface area contributed by atoms with Gasteiger partial charge in [-0.05, 0) is 55.0 Å². The summed E-state index contributed by atoms with van der Waals surface area (Å²) in [6.07, 6.45) is 1.49. The van der Waals surface area contributed by atoms with E-state index in [1.807, 2.05) is 19.1 Å². The molecule has 5 nitrogen and oxygen atoms in total. The van der Waals surface area contributed by atoms with Gasteiger partial charge in [-0.15, -0.1) is 5.10 Å². The normalized spacial score (nSPS) is 10.4. The van der Waals surface area contributed by atoms with E-state index in [0.717, 1.165) is 11.3 Å². The lowest BCUT2D eigenvalue weighted by Gasteiger charge is -2.09. The van der Waals surface area contributed by atoms with Gasteiger partial charge < -0.3 is 10.6 Å². The summed E-state index contributed by atoms with van der Waals surface area (Å²) in [5.41, 5.74) is 2.52. The second-order valence-electron chi connectivity index (χ2n) is 4.88. The van der Waals surface area contributed by atoms with Crippen molar-refractivity contribution in [1.82, 2.24) is 15.2 Å². The molecule has 3 aromatic rings. The number of anilines is 4. The van der Waals surface area contributed by atoms with Crippen molar-refractivity contribution >= 4 is 34.7 Å². The lowest BCUT2D eigenvalue weighted by Crippen LogP contribution is -2.03. The van der Waals surface area contributed by atoms with Crippen LogP contribution in [0.2, 0.25) is 5.02 Å². The maximum Gasteiger partial charge on any atom is 0.249 e. The Bertz CT molecular complexity index is 823. The van der Waals surface area contributed by atoms with Gasteiger partial charge in [-0.2, -0.15) is 10.1 Å². The van der Waals surface area contributed by atoms with Crippen molar-refractivity contribution < 1.29 is 4.39 Å². The fourth-order valence-corrected chi connectivity index (χ4v) is 2.21. The molecule has 0 atom stereocenters. The van der Waals surface area contributed by atoms with E-state index in [0.29, 0.717) is 22.5 Å². The van der Waals surface area contributed by atoms with Gasteiger partial charge in [-0.1, -0.05) is 11.6 Å². The lowest BCUT2D eigenvalue weighted by atomic mass is 10.2. The van der Waals surface area contributed by atoms with E-state index in [2.05, 4.69) is 25.8 Å². The van der Waals surface area contributed by atoms with Gasteiger partial charge in [0, 0.05) is 16.4 Å². The number of nitrogens with zero attached hydrogens (tertiary/aromatic N) is 3. The minimum atomic E-state index is -0.295. The number of aromatic nitrogens is 3. The summed E-state index contributed by atoms with van der Waals surface area (Å²) in [6.45, 7) is 1.93. The van der Waals surface area contributed by atoms with E-state index in [9.17, 15) is 4.39 Å². The zero-order valence-corrected chi connectivity index (χ0v) is 13.0. The monoisotopic (exact) mass is 329 g/mol. The largest absolute Gasteiger partial charge is 0.339 e. The van der Waals surface area contributed by atoms with E-state index in [4.69, 9.17) is 11.6 Å². The predicted molar refractivity (Wildman–Crippen MR) is 89.0 cm³/mol. The second kappa shape index (κ2) is 6.58. The van der Waals surface area contributed by atoms with Crippen molar-refractivity contribution in [3.8, 4) is 0 Å². The van der Waals surface area contributed by atoms with Crippen LogP contribution in [0.15, 0.2) is 48.7 Å². The van der Waals surface area contributed by atoms with Crippen molar-refractivity contribution in [3.63, 3.8) is 0 Å². The predicted octanol–water partition coefficient (Wildman–Crippen LogP) is 4.46. The number of aryl methyl sites for hydroxylation is 1. The number of halogens is 2. The Hall–Kier alpha value is -2.73. The highest BCUT2D eigenvalue weighted by molar-refractivity contribution is 6.30. The molecule has 0 aliphatic rings. The Morgan fingerprint density at radius 2 is 1.83 bits per heavy atom. The smallest absolute Gasteiger partial charge is 0.249 e. The highest BCUT2D eigenvalue weighted by Crippen LogP contribution is 2.22. The number of nitrogens with one attached hydrogen (secondary N) is 2. The fraction of sp³-hybridized carbons (Fsp3) is 0.0625. The molecule has 1 heterocycles. The molecular weight excluding hydrogens is 317 g/mol. The fourth-order valence-electron chi connectivity index (χ4n) is 1.99. The lowest BCUT2D eigenvalue weighted by molar-refractivity contribution is 0.628. The standard InChI is InChI=1S/C16H13ClFN5/c1-10-8-11(17)2-7-14(10)21-16-22-15(9-19-23-16)20-13-5-3-12(18)4-6-13/h2-9H,1H3,(H2,20,21,22,23). The first kappa shape index (κ1) is 15.2. The van der Waals surface area contributed by atoms with Crippen molar-refractivity contribution in [3.05, 3.63) is 65.1 Å². The van der Waals surface area contributed by atoms with E-state index >= 15 is 0 Å². The number of rotatable bonds is 4. The summed E-state index contributed by atoms with van der Waals surface area (Å²) in [6, 6.07) is 11.5. The van der Waals surface area contributed by atoms with Gasteiger partial charge in [-0.3, -0.25) is 0 Å². The maximum absolute atomic E-state index is 12.9. The number of hydrogen-bond acceptors (Lipinski definition) is 5. The van der Waals surface area contributed by atoms with Gasteiger partial charge in [0.2, 0.25) is 5.95 Å². The van der Waals surface area contributed by atoms with Crippen molar-refractivity contribution in [2.75, 3.05) is 10.6 Å². The molecule has 1 aromatic heterocycles. The summed E-state index contributed by atoms with van der Waals surface area (Å²) < 4.78 is 12.9. The molecule has 7 heteroatoms. The Morgan fingerprint density at radius 3 is 2.57 bits per heavy atom. The molecule has 0 spiro atoms. The van der Waals surface area contributed by atoms with Crippen LogP contribution in [0.3, 0.4) is 0 Å². The van der Waals surface area contributed by atoms with E-state index in [-0.39, 0.29) is 5.82 Å². The summed E-state index contributed by atoms with van der Waals surface area (Å²) in [5, 5.41) is 14.6. The van der Waals surface area contributed by atoms with Crippen LogP contribution in [0.4, 0.5) is 27.5 Å². The van der Waals surface area contributed by atoms with Crippen molar-refractivity contribution in [2.45, 2.75) is 6.92 Å². The van der Waals surface area contributed by atoms with Gasteiger partial charge in [0.05, 0.1) is 6.20 Å². The maximum atomic E-state index is 12.9. The first-order chi connectivity index (χ1) is 11.1. The van der Waals surface area contributed by atoms with Crippen molar-refractivity contribution in [2.24, 2.45) is 0 Å². The molecule has 3 rings (SSSR count). The van der Waals surface area contributed by atoms with Gasteiger partial charge in [-0.25, -0.2) is 4.39 Å². The first-order valence-corrected chi connectivity index (χ1v) is 7.23. The molecule has 23 heavy (non-hydrogen) atoms. The van der Waals surface area contributed by atoms with Crippen LogP contribution < -0.4 is 10.6 Å². The molecule has 116 valence electrons. The minimum Gasteiger partial charge on any atom is -0.339 e. The van der Waals surface area contributed by atoms with E-state index in [1.165, 1.54) is 18.3 Å². The van der Waals surface area contributed by atoms with E-state index < -0.39 is 0 Å². The molecule has 2 N–H and O–H groups in total. The van der Waals surface area contributed by atoms with Crippen LogP contribution in [0.5, 0.6) is 0 Å². The molecular formula is C16H13ClFN5. The highest BCUT2D eigenvalue weighted by atomic mass is 35.5. The molecule has 2 aromatic carbocycles. The molecule has 0 bridgehead atoms. The Morgan fingerprint density at radius 1 is 1.04 bits per heavy atom. The average Bonchev–Trinajstić information content (AvgIpc) is 2.53. The SMILES string of the molecule is Cc1cc(Cl)ccc1Nc1nncc(Nc2ccc(F)cc2)n1. The molecule has 0 aliphatic heterocycles. The van der Waals surface area contributed by atoms with Gasteiger partial charge in [0.15, 0.2) is 5.82 Å². The third-order valence-corrected chi connectivity index (χ3v) is 3.35. The second-order valence-corrected chi connectivity index (χ2v) is 5.32. The highest BCUT2D eigenvalue weighted by Gasteiger charge is 2.05. The Balaban J connectivity index is 1.78. The topological polar surface area (TPSA) is 62.7 Å². The van der Waals surface area contributed by atoms with Crippen LogP contribution in [0.25, 0.3) is 0 Å². The van der Waals surface area contributed by atoms with Gasteiger partial charge in [0.25, 0.3) is 0 Å². The molecule has 0 radical (unpaired) electrons. The van der Waals surface area contributed by atoms with Crippen molar-refractivity contribution in [1.29, 1.82) is 0 Å². The van der Waals surface area contributed by atoms with Crippen LogP contribution in [-0.4, -0.2) is 15.2 Å². The molecule has 0 fully saturated rings. The number of benzene rings is 2. The molecule has 0 amide bonds. The first-order valence-electron chi connectivity index (χ1n) is 6.86. The average molecular weight is 330 g/mol. The van der Waals surface area contributed by atoms with Crippen LogP contribution in [-0.2, 0) is 0 Å². The third-order valence-electron chi connectivity index (χ3n) is 3.11. The number of hydrogen-bond donors (Lipinski definition) is 2. The van der Waals surface area contributed by atoms with Crippen LogP contribution in [0.1, 0.15) is 5.56 Å². The zero-order chi connectivity index (χ0) is 16.2. The zero-order valence-electron chi connectivity index (χ0n) is 12.2. The quantitative estimate of drug-likeness (QED) is 0.740. The Kier molecular flexibility index (Phi) is 4.34. The third kappa shape index (κ3) is 3.92. The summed E-state index contributed by atoms with van der Waals surface area (Å²) in [7, 11) is 0. The molecule has 0 unspecified atom stereocenters. The summed E-state index contributed by atoms with van der Waals surface area (Å²) in [4.78, 5) is 4.33. The van der Waals surface area contributed by atoms with Gasteiger partial charge >= 0.3 is 0 Å².